The molecule has 0 fully saturated rings. The lowest BCUT2D eigenvalue weighted by molar-refractivity contribution is -0.120. The Bertz CT molecular complexity index is 810. The van der Waals surface area contributed by atoms with Gasteiger partial charge in [-0.15, -0.1) is 10.2 Å². The van der Waals surface area contributed by atoms with Crippen molar-refractivity contribution >= 4 is 17.7 Å². The molecule has 0 aliphatic heterocycles. The molecule has 0 radical (unpaired) electrons. The molecule has 1 aromatic heterocycles. The molecule has 1 atom stereocenters. The number of aromatic nitrogens is 3. The Labute approximate surface area is 157 Å². The molecule has 0 bridgehead atoms. The van der Waals surface area contributed by atoms with Crippen LogP contribution in [0.2, 0.25) is 0 Å². The van der Waals surface area contributed by atoms with Crippen molar-refractivity contribution in [3.05, 3.63) is 24.3 Å². The number of carbonyl (C=O) groups excluding carboxylic acids is 1. The van der Waals surface area contributed by atoms with Crippen LogP contribution in [0.25, 0.3) is 11.4 Å². The maximum absolute atomic E-state index is 12.2. The zero-order valence-electron chi connectivity index (χ0n) is 15.6. The summed E-state index contributed by atoms with van der Waals surface area (Å²) < 4.78 is 7.00. The predicted octanol–water partition coefficient (Wildman–Crippen LogP) is 2.64. The molecule has 26 heavy (non-hydrogen) atoms. The van der Waals surface area contributed by atoms with Crippen molar-refractivity contribution in [2.24, 2.45) is 13.0 Å². The second-order valence-electron chi connectivity index (χ2n) is 6.40. The number of thioether (sulfide) groups is 1. The van der Waals surface area contributed by atoms with E-state index >= 15 is 0 Å². The fourth-order valence-corrected chi connectivity index (χ4v) is 2.90. The molecule has 7 nitrogen and oxygen atoms in total. The smallest absolute Gasteiger partial charge is 0.231 e. The molecule has 0 saturated heterocycles. The van der Waals surface area contributed by atoms with Crippen LogP contribution in [0.15, 0.2) is 29.4 Å². The second-order valence-corrected chi connectivity index (χ2v) is 7.34. The van der Waals surface area contributed by atoms with Gasteiger partial charge in [-0.25, -0.2) is 0 Å². The minimum atomic E-state index is -0.883. The van der Waals surface area contributed by atoms with E-state index in [1.807, 2.05) is 49.7 Å². The van der Waals surface area contributed by atoms with Gasteiger partial charge in [0.2, 0.25) is 5.91 Å². The van der Waals surface area contributed by atoms with Crippen LogP contribution in [-0.2, 0) is 11.8 Å². The molecule has 1 heterocycles. The average Bonchev–Trinajstić information content (AvgIpc) is 3.00. The molecule has 8 heteroatoms. The number of nitriles is 1. The van der Waals surface area contributed by atoms with Gasteiger partial charge in [-0.3, -0.25) is 4.79 Å². The number of methoxy groups -OCH3 is 1. The Balaban J connectivity index is 2.04. The molecule has 0 aliphatic rings. The summed E-state index contributed by atoms with van der Waals surface area (Å²) in [6.07, 6.45) is 0. The number of hydrogen-bond donors (Lipinski definition) is 1. The Kier molecular flexibility index (Phi) is 6.27. The van der Waals surface area contributed by atoms with Gasteiger partial charge in [0.25, 0.3) is 0 Å². The summed E-state index contributed by atoms with van der Waals surface area (Å²) in [6.45, 7) is 5.53. The normalized spacial score (nSPS) is 13.1. The van der Waals surface area contributed by atoms with Gasteiger partial charge in [0.15, 0.2) is 11.0 Å². The number of hydrogen-bond acceptors (Lipinski definition) is 6. The second kappa shape index (κ2) is 8.23. The summed E-state index contributed by atoms with van der Waals surface area (Å²) in [7, 11) is 3.47. The monoisotopic (exact) mass is 373 g/mol. The van der Waals surface area contributed by atoms with Gasteiger partial charge in [0.1, 0.15) is 11.3 Å². The molecule has 1 N–H and O–H groups in total. The molecule has 0 spiro atoms. The largest absolute Gasteiger partial charge is 0.497 e. The number of amides is 1. The van der Waals surface area contributed by atoms with E-state index in [9.17, 15) is 10.1 Å². The minimum Gasteiger partial charge on any atom is -0.497 e. The Hall–Kier alpha value is -2.53. The highest BCUT2D eigenvalue weighted by atomic mass is 32.2. The zero-order valence-corrected chi connectivity index (χ0v) is 16.4. The fraction of sp³-hybridized carbons (Fsp3) is 0.444. The van der Waals surface area contributed by atoms with Gasteiger partial charge in [0, 0.05) is 12.6 Å². The Morgan fingerprint density at radius 3 is 2.58 bits per heavy atom. The molecular weight excluding hydrogens is 350 g/mol. The first kappa shape index (κ1) is 19.8. The topological polar surface area (TPSA) is 92.8 Å². The SMILES string of the molecule is COc1ccc(-c2nnc(SCC(=O)N[C@](C)(C#N)C(C)C)n2C)cc1. The molecule has 2 aromatic rings. The van der Waals surface area contributed by atoms with Gasteiger partial charge >= 0.3 is 0 Å². The first-order chi connectivity index (χ1) is 12.3. The molecule has 138 valence electrons. The highest BCUT2D eigenvalue weighted by Gasteiger charge is 2.30. The average molecular weight is 373 g/mol. The Morgan fingerprint density at radius 2 is 2.04 bits per heavy atom. The van der Waals surface area contributed by atoms with Crippen LogP contribution < -0.4 is 10.1 Å². The molecule has 2 rings (SSSR count). The molecule has 0 saturated carbocycles. The van der Waals surface area contributed by atoms with Gasteiger partial charge in [0.05, 0.1) is 18.9 Å². The summed E-state index contributed by atoms with van der Waals surface area (Å²) in [6, 6.07) is 9.70. The number of ether oxygens (including phenoxy) is 1. The third-order valence-electron chi connectivity index (χ3n) is 4.30. The summed E-state index contributed by atoms with van der Waals surface area (Å²) >= 11 is 1.28. The van der Waals surface area contributed by atoms with E-state index in [1.54, 1.807) is 14.0 Å². The lowest BCUT2D eigenvalue weighted by Crippen LogP contribution is -2.49. The van der Waals surface area contributed by atoms with E-state index in [0.717, 1.165) is 11.3 Å². The van der Waals surface area contributed by atoms with E-state index in [-0.39, 0.29) is 17.6 Å². The van der Waals surface area contributed by atoms with Crippen LogP contribution in [0.5, 0.6) is 5.75 Å². The van der Waals surface area contributed by atoms with Crippen molar-refractivity contribution in [2.75, 3.05) is 12.9 Å². The third-order valence-corrected chi connectivity index (χ3v) is 5.32. The highest BCUT2D eigenvalue weighted by Crippen LogP contribution is 2.24. The highest BCUT2D eigenvalue weighted by molar-refractivity contribution is 7.99. The van der Waals surface area contributed by atoms with E-state index in [0.29, 0.717) is 11.0 Å². The predicted molar refractivity (Wildman–Crippen MR) is 101 cm³/mol. The van der Waals surface area contributed by atoms with Crippen LogP contribution in [0, 0.1) is 17.2 Å². The van der Waals surface area contributed by atoms with Gasteiger partial charge in [-0.1, -0.05) is 25.6 Å². The lowest BCUT2D eigenvalue weighted by Gasteiger charge is -2.27. The van der Waals surface area contributed by atoms with Crippen molar-refractivity contribution in [3.8, 4) is 23.2 Å². The minimum absolute atomic E-state index is 0.0120. The van der Waals surface area contributed by atoms with E-state index in [2.05, 4.69) is 21.6 Å². The molecule has 0 unspecified atom stereocenters. The van der Waals surface area contributed by atoms with Gasteiger partial charge < -0.3 is 14.6 Å². The van der Waals surface area contributed by atoms with Crippen LogP contribution in [0.3, 0.4) is 0 Å². The van der Waals surface area contributed by atoms with Crippen molar-refractivity contribution in [1.29, 1.82) is 5.26 Å². The zero-order chi connectivity index (χ0) is 19.3. The summed E-state index contributed by atoms with van der Waals surface area (Å²) in [5.41, 5.74) is 0.0279. The van der Waals surface area contributed by atoms with E-state index in [4.69, 9.17) is 4.74 Å². The summed E-state index contributed by atoms with van der Waals surface area (Å²) in [5, 5.41) is 21.1. The number of nitrogens with one attached hydrogen (secondary N) is 1. The van der Waals surface area contributed by atoms with Gasteiger partial charge in [-0.05, 0) is 37.1 Å². The molecule has 0 aliphatic carbocycles. The number of carbonyl (C=O) groups is 1. The molecule has 1 amide bonds. The van der Waals surface area contributed by atoms with Crippen LogP contribution in [-0.4, -0.2) is 39.1 Å². The maximum atomic E-state index is 12.2. The van der Waals surface area contributed by atoms with E-state index in [1.165, 1.54) is 11.8 Å². The van der Waals surface area contributed by atoms with Crippen LogP contribution >= 0.6 is 11.8 Å². The van der Waals surface area contributed by atoms with Gasteiger partial charge in [-0.2, -0.15) is 5.26 Å². The first-order valence-corrected chi connectivity index (χ1v) is 9.18. The van der Waals surface area contributed by atoms with Crippen molar-refractivity contribution in [1.82, 2.24) is 20.1 Å². The van der Waals surface area contributed by atoms with Crippen molar-refractivity contribution in [2.45, 2.75) is 31.5 Å². The molecule has 1 aromatic carbocycles. The quantitative estimate of drug-likeness (QED) is 0.750. The first-order valence-electron chi connectivity index (χ1n) is 8.19. The number of benzene rings is 1. The van der Waals surface area contributed by atoms with Crippen molar-refractivity contribution < 1.29 is 9.53 Å². The van der Waals surface area contributed by atoms with E-state index < -0.39 is 5.54 Å². The fourth-order valence-electron chi connectivity index (χ4n) is 2.19. The number of nitrogens with zero attached hydrogens (tertiary/aromatic N) is 4. The maximum Gasteiger partial charge on any atom is 0.231 e. The Morgan fingerprint density at radius 1 is 1.38 bits per heavy atom. The molecular formula is C18H23N5O2S. The number of rotatable bonds is 7. The van der Waals surface area contributed by atoms with Crippen LogP contribution in [0.1, 0.15) is 20.8 Å². The third kappa shape index (κ3) is 4.35. The van der Waals surface area contributed by atoms with Crippen molar-refractivity contribution in [3.63, 3.8) is 0 Å². The standard InChI is InChI=1S/C18H23N5O2S/c1-12(2)18(3,11-19)20-15(24)10-26-17-22-21-16(23(17)4)13-6-8-14(25-5)9-7-13/h6-9,12H,10H2,1-5H3,(H,20,24)/t18-/m1/s1. The van der Waals surface area contributed by atoms with Crippen LogP contribution in [0.4, 0.5) is 0 Å². The lowest BCUT2D eigenvalue weighted by atomic mass is 9.90. The summed E-state index contributed by atoms with van der Waals surface area (Å²) in [4.78, 5) is 12.2. The summed E-state index contributed by atoms with van der Waals surface area (Å²) in [5.74, 6) is 1.45.